The molecule has 5 nitrogen and oxygen atoms in total. The zero-order chi connectivity index (χ0) is 18.7. The number of rotatable bonds is 5. The molecule has 0 aromatic heterocycles. The molecular weight excluding hydrogens is 349 g/mol. The van der Waals surface area contributed by atoms with E-state index < -0.39 is 18.0 Å². The van der Waals surface area contributed by atoms with Gasteiger partial charge in [0.25, 0.3) is 5.91 Å². The van der Waals surface area contributed by atoms with Crippen molar-refractivity contribution in [3.8, 4) is 5.75 Å². The minimum Gasteiger partial charge on any atom is -0.406 e. The van der Waals surface area contributed by atoms with Gasteiger partial charge in [0.05, 0.1) is 0 Å². The summed E-state index contributed by atoms with van der Waals surface area (Å²) in [7, 11) is 0. The summed E-state index contributed by atoms with van der Waals surface area (Å²) in [4.78, 5) is 23.8. The average Bonchev–Trinajstić information content (AvgIpc) is 3.41. The Hall–Kier alpha value is -3.03. The van der Waals surface area contributed by atoms with Crippen LogP contribution in [0.2, 0.25) is 0 Å². The van der Waals surface area contributed by atoms with E-state index in [-0.39, 0.29) is 17.4 Å². The molecule has 0 heterocycles. The summed E-state index contributed by atoms with van der Waals surface area (Å²) in [6, 6.07) is 11.2. The van der Waals surface area contributed by atoms with Crippen molar-refractivity contribution in [1.29, 1.82) is 0 Å². The summed E-state index contributed by atoms with van der Waals surface area (Å²) in [5, 5.41) is 5.41. The minimum atomic E-state index is -4.78. The first-order valence-corrected chi connectivity index (χ1v) is 7.88. The molecule has 0 radical (unpaired) electrons. The highest BCUT2D eigenvalue weighted by molar-refractivity contribution is 6.04. The number of hydrogen-bond acceptors (Lipinski definition) is 3. The number of nitrogens with one attached hydrogen (secondary N) is 2. The van der Waals surface area contributed by atoms with Gasteiger partial charge >= 0.3 is 6.36 Å². The summed E-state index contributed by atoms with van der Waals surface area (Å²) < 4.78 is 40.1. The van der Waals surface area contributed by atoms with Crippen molar-refractivity contribution in [3.05, 3.63) is 54.1 Å². The predicted molar refractivity (Wildman–Crippen MR) is 88.9 cm³/mol. The van der Waals surface area contributed by atoms with Crippen LogP contribution in [0.25, 0.3) is 0 Å². The molecule has 1 aliphatic carbocycles. The lowest BCUT2D eigenvalue weighted by molar-refractivity contribution is -0.274. The molecule has 1 fully saturated rings. The molecule has 0 saturated heterocycles. The number of amides is 2. The van der Waals surface area contributed by atoms with E-state index in [1.807, 2.05) is 0 Å². The quantitative estimate of drug-likeness (QED) is 0.836. The molecule has 0 spiro atoms. The summed E-state index contributed by atoms with van der Waals surface area (Å²) in [5.74, 6) is -0.787. The van der Waals surface area contributed by atoms with Gasteiger partial charge in [0, 0.05) is 22.9 Å². The second-order valence-corrected chi connectivity index (χ2v) is 5.87. The summed E-state index contributed by atoms with van der Waals surface area (Å²) >= 11 is 0. The first-order valence-electron chi connectivity index (χ1n) is 7.88. The molecule has 8 heteroatoms. The summed E-state index contributed by atoms with van der Waals surface area (Å²) in [6.07, 6.45) is -2.96. The maximum Gasteiger partial charge on any atom is 0.573 e. The van der Waals surface area contributed by atoms with Crippen LogP contribution in [0.5, 0.6) is 5.75 Å². The lowest BCUT2D eigenvalue weighted by Gasteiger charge is -2.10. The van der Waals surface area contributed by atoms with Gasteiger partial charge in [-0.15, -0.1) is 13.2 Å². The van der Waals surface area contributed by atoms with Gasteiger partial charge in [-0.25, -0.2) is 0 Å². The van der Waals surface area contributed by atoms with Crippen LogP contribution in [0.1, 0.15) is 23.2 Å². The van der Waals surface area contributed by atoms with Crippen LogP contribution in [0, 0.1) is 5.92 Å². The fourth-order valence-corrected chi connectivity index (χ4v) is 2.24. The molecule has 2 amide bonds. The van der Waals surface area contributed by atoms with E-state index >= 15 is 0 Å². The molecule has 0 bridgehead atoms. The lowest BCUT2D eigenvalue weighted by atomic mass is 10.2. The molecule has 26 heavy (non-hydrogen) atoms. The minimum absolute atomic E-state index is 0.0112. The predicted octanol–water partition coefficient (Wildman–Crippen LogP) is 4.19. The van der Waals surface area contributed by atoms with Crippen molar-refractivity contribution in [2.75, 3.05) is 10.6 Å². The fourth-order valence-electron chi connectivity index (χ4n) is 2.24. The van der Waals surface area contributed by atoms with Crippen LogP contribution in [-0.2, 0) is 4.79 Å². The lowest BCUT2D eigenvalue weighted by Crippen LogP contribution is -2.17. The van der Waals surface area contributed by atoms with Crippen molar-refractivity contribution in [1.82, 2.24) is 0 Å². The number of carbonyl (C=O) groups excluding carboxylic acids is 2. The highest BCUT2D eigenvalue weighted by Gasteiger charge is 2.31. The SMILES string of the molecule is O=C(Nc1ccc(NC(=O)C2CC2)cc1)c1ccc(OC(F)(F)F)cc1. The second-order valence-electron chi connectivity index (χ2n) is 5.87. The molecule has 2 N–H and O–H groups in total. The van der Waals surface area contributed by atoms with Crippen LogP contribution in [0.3, 0.4) is 0 Å². The molecule has 2 aromatic carbocycles. The molecule has 136 valence electrons. The van der Waals surface area contributed by atoms with Gasteiger partial charge < -0.3 is 15.4 Å². The molecule has 1 saturated carbocycles. The second kappa shape index (κ2) is 7.07. The molecule has 3 rings (SSSR count). The fraction of sp³-hybridized carbons (Fsp3) is 0.222. The standard InChI is InChI=1S/C18H15F3N2O3/c19-18(20,21)26-15-9-3-12(4-10-15)17(25)23-14-7-5-13(6-8-14)22-16(24)11-1-2-11/h3-11H,1-2H2,(H,22,24)(H,23,25). The third-order valence-electron chi connectivity index (χ3n) is 3.71. The third-order valence-corrected chi connectivity index (χ3v) is 3.71. The number of ether oxygens (including phenoxy) is 1. The van der Waals surface area contributed by atoms with E-state index in [1.54, 1.807) is 24.3 Å². The van der Waals surface area contributed by atoms with Crippen molar-refractivity contribution in [2.24, 2.45) is 5.92 Å². The molecule has 0 aliphatic heterocycles. The summed E-state index contributed by atoms with van der Waals surface area (Å²) in [6.45, 7) is 0. The Morgan fingerprint density at radius 2 is 1.42 bits per heavy atom. The Balaban J connectivity index is 1.57. The number of anilines is 2. The maximum absolute atomic E-state index is 12.1. The highest BCUT2D eigenvalue weighted by Crippen LogP contribution is 2.30. The molecule has 1 aliphatic rings. The van der Waals surface area contributed by atoms with Gasteiger partial charge in [0.1, 0.15) is 5.75 Å². The highest BCUT2D eigenvalue weighted by atomic mass is 19.4. The van der Waals surface area contributed by atoms with Crippen LogP contribution in [0.15, 0.2) is 48.5 Å². The van der Waals surface area contributed by atoms with E-state index in [1.165, 1.54) is 12.1 Å². The van der Waals surface area contributed by atoms with Crippen LogP contribution in [0.4, 0.5) is 24.5 Å². The number of benzene rings is 2. The zero-order valence-electron chi connectivity index (χ0n) is 13.5. The van der Waals surface area contributed by atoms with E-state index in [2.05, 4.69) is 15.4 Å². The van der Waals surface area contributed by atoms with E-state index in [4.69, 9.17) is 0 Å². The Morgan fingerprint density at radius 1 is 0.885 bits per heavy atom. The molecular formula is C18H15F3N2O3. The van der Waals surface area contributed by atoms with E-state index in [0.29, 0.717) is 11.4 Å². The average molecular weight is 364 g/mol. The first kappa shape index (κ1) is 17.8. The van der Waals surface area contributed by atoms with Gasteiger partial charge in [-0.3, -0.25) is 9.59 Å². The number of alkyl halides is 3. The van der Waals surface area contributed by atoms with E-state index in [9.17, 15) is 22.8 Å². The molecule has 0 unspecified atom stereocenters. The smallest absolute Gasteiger partial charge is 0.406 e. The topological polar surface area (TPSA) is 67.4 Å². The zero-order valence-corrected chi connectivity index (χ0v) is 13.5. The van der Waals surface area contributed by atoms with Crippen LogP contribution < -0.4 is 15.4 Å². The number of hydrogen-bond donors (Lipinski definition) is 2. The number of halogens is 3. The Bertz CT molecular complexity index is 798. The third kappa shape index (κ3) is 4.98. The van der Waals surface area contributed by atoms with Crippen LogP contribution in [-0.4, -0.2) is 18.2 Å². The normalized spacial score (nSPS) is 13.8. The van der Waals surface area contributed by atoms with Crippen molar-refractivity contribution < 1.29 is 27.5 Å². The van der Waals surface area contributed by atoms with E-state index in [0.717, 1.165) is 25.0 Å². The van der Waals surface area contributed by atoms with Crippen molar-refractivity contribution >= 4 is 23.2 Å². The molecule has 2 aromatic rings. The van der Waals surface area contributed by atoms with Gasteiger partial charge in [-0.2, -0.15) is 0 Å². The van der Waals surface area contributed by atoms with Crippen LogP contribution >= 0.6 is 0 Å². The Morgan fingerprint density at radius 3 is 1.92 bits per heavy atom. The largest absolute Gasteiger partial charge is 0.573 e. The summed E-state index contributed by atoms with van der Waals surface area (Å²) in [5.41, 5.74) is 1.31. The van der Waals surface area contributed by atoms with Gasteiger partial charge in [-0.1, -0.05) is 0 Å². The monoisotopic (exact) mass is 364 g/mol. The maximum atomic E-state index is 12.1. The van der Waals surface area contributed by atoms with Gasteiger partial charge in [0.15, 0.2) is 0 Å². The van der Waals surface area contributed by atoms with Gasteiger partial charge in [-0.05, 0) is 61.4 Å². The van der Waals surface area contributed by atoms with Crippen molar-refractivity contribution in [3.63, 3.8) is 0 Å². The Labute approximate surface area is 147 Å². The van der Waals surface area contributed by atoms with Gasteiger partial charge in [0.2, 0.25) is 5.91 Å². The first-order chi connectivity index (χ1) is 12.3. The molecule has 0 atom stereocenters. The van der Waals surface area contributed by atoms with Crippen molar-refractivity contribution in [2.45, 2.75) is 19.2 Å². The number of carbonyl (C=O) groups is 2. The Kier molecular flexibility index (Phi) is 4.83.